The van der Waals surface area contributed by atoms with Gasteiger partial charge in [0.2, 0.25) is 5.91 Å². The topological polar surface area (TPSA) is 69.0 Å². The van der Waals surface area contributed by atoms with Crippen LogP contribution in [0.25, 0.3) is 5.69 Å². The summed E-state index contributed by atoms with van der Waals surface area (Å²) >= 11 is 1.35. The van der Waals surface area contributed by atoms with E-state index in [4.69, 9.17) is 4.74 Å². The fourth-order valence-electron chi connectivity index (χ4n) is 2.66. The third kappa shape index (κ3) is 4.89. The maximum atomic E-state index is 12.2. The summed E-state index contributed by atoms with van der Waals surface area (Å²) in [4.78, 5) is 12.2. The largest absolute Gasteiger partial charge is 0.497 e. The molecule has 3 rings (SSSR count). The van der Waals surface area contributed by atoms with Crippen molar-refractivity contribution < 1.29 is 9.53 Å². The Balaban J connectivity index is 1.57. The predicted molar refractivity (Wildman–Crippen MR) is 106 cm³/mol. The van der Waals surface area contributed by atoms with Gasteiger partial charge in [-0.15, -0.1) is 10.2 Å². The number of hydrogen-bond donors (Lipinski definition) is 1. The molecule has 0 radical (unpaired) electrons. The van der Waals surface area contributed by atoms with Crippen LogP contribution in [0.15, 0.2) is 53.9 Å². The Labute approximate surface area is 163 Å². The number of carbonyl (C=O) groups excluding carboxylic acids is 1. The highest BCUT2D eigenvalue weighted by Gasteiger charge is 2.10. The minimum Gasteiger partial charge on any atom is -0.497 e. The van der Waals surface area contributed by atoms with Gasteiger partial charge in [0.1, 0.15) is 12.1 Å². The first-order chi connectivity index (χ1) is 13.1. The van der Waals surface area contributed by atoms with Gasteiger partial charge < -0.3 is 10.1 Å². The third-order valence-electron chi connectivity index (χ3n) is 4.17. The Kier molecular flexibility index (Phi) is 6.13. The number of nitrogens with zero attached hydrogens (tertiary/aromatic N) is 3. The summed E-state index contributed by atoms with van der Waals surface area (Å²) < 4.78 is 7.02. The number of thioether (sulfide) groups is 1. The molecule has 6 nitrogen and oxygen atoms in total. The summed E-state index contributed by atoms with van der Waals surface area (Å²) in [6.45, 7) is 4.64. The van der Waals surface area contributed by atoms with Gasteiger partial charge in [-0.25, -0.2) is 0 Å². The van der Waals surface area contributed by atoms with Crippen molar-refractivity contribution in [3.8, 4) is 11.4 Å². The van der Waals surface area contributed by atoms with Crippen LogP contribution in [0.2, 0.25) is 0 Å². The van der Waals surface area contributed by atoms with E-state index in [1.54, 1.807) is 13.4 Å². The zero-order chi connectivity index (χ0) is 19.2. The number of ether oxygens (including phenoxy) is 1. The number of carbonyl (C=O) groups is 1. The zero-order valence-corrected chi connectivity index (χ0v) is 16.4. The molecule has 0 saturated carbocycles. The molecule has 0 fully saturated rings. The molecule has 0 bridgehead atoms. The van der Waals surface area contributed by atoms with Crippen molar-refractivity contribution in [2.45, 2.75) is 25.5 Å². The number of nitrogens with one attached hydrogen (secondary N) is 1. The molecule has 0 aliphatic heterocycles. The lowest BCUT2D eigenvalue weighted by Gasteiger charge is -2.09. The second-order valence-electron chi connectivity index (χ2n) is 6.18. The van der Waals surface area contributed by atoms with Gasteiger partial charge in [0.25, 0.3) is 0 Å². The number of hydrogen-bond acceptors (Lipinski definition) is 5. The maximum absolute atomic E-state index is 12.2. The minimum absolute atomic E-state index is 0.0377. The molecule has 1 N–H and O–H groups in total. The lowest BCUT2D eigenvalue weighted by molar-refractivity contribution is -0.118. The van der Waals surface area contributed by atoms with E-state index in [1.165, 1.54) is 22.9 Å². The maximum Gasteiger partial charge on any atom is 0.230 e. The highest BCUT2D eigenvalue weighted by atomic mass is 32.2. The summed E-state index contributed by atoms with van der Waals surface area (Å²) in [5, 5.41) is 11.7. The summed E-state index contributed by atoms with van der Waals surface area (Å²) in [7, 11) is 1.63. The van der Waals surface area contributed by atoms with E-state index in [-0.39, 0.29) is 11.7 Å². The van der Waals surface area contributed by atoms with Crippen molar-refractivity contribution in [3.05, 3.63) is 65.5 Å². The molecule has 2 aromatic carbocycles. The van der Waals surface area contributed by atoms with E-state index < -0.39 is 0 Å². The molecule has 0 saturated heterocycles. The van der Waals surface area contributed by atoms with Gasteiger partial charge in [0.15, 0.2) is 5.16 Å². The number of amides is 1. The number of rotatable bonds is 7. The van der Waals surface area contributed by atoms with Crippen LogP contribution < -0.4 is 10.1 Å². The van der Waals surface area contributed by atoms with Crippen molar-refractivity contribution in [2.75, 3.05) is 12.9 Å². The third-order valence-corrected chi connectivity index (χ3v) is 5.12. The van der Waals surface area contributed by atoms with Crippen LogP contribution >= 0.6 is 11.8 Å². The quantitative estimate of drug-likeness (QED) is 0.635. The molecular formula is C20H22N4O2S. The number of aryl methyl sites for hydroxylation is 2. The van der Waals surface area contributed by atoms with Crippen molar-refractivity contribution in [1.82, 2.24) is 20.1 Å². The molecule has 1 amide bonds. The normalized spacial score (nSPS) is 10.6. The molecule has 0 atom stereocenters. The van der Waals surface area contributed by atoms with E-state index in [2.05, 4.69) is 47.6 Å². The lowest BCUT2D eigenvalue weighted by atomic mass is 10.1. The fraction of sp³-hybridized carbons (Fsp3) is 0.250. The molecule has 7 heteroatoms. The summed E-state index contributed by atoms with van der Waals surface area (Å²) in [6, 6.07) is 13.8. The smallest absolute Gasteiger partial charge is 0.230 e. The summed E-state index contributed by atoms with van der Waals surface area (Å²) in [5.41, 5.74) is 4.44. The van der Waals surface area contributed by atoms with Crippen molar-refractivity contribution >= 4 is 17.7 Å². The molecule has 0 unspecified atom stereocenters. The Morgan fingerprint density at radius 3 is 2.67 bits per heavy atom. The first-order valence-corrected chi connectivity index (χ1v) is 9.55. The Bertz CT molecular complexity index is 922. The van der Waals surface area contributed by atoms with Crippen LogP contribution in [-0.2, 0) is 11.3 Å². The average molecular weight is 382 g/mol. The molecule has 0 spiro atoms. The van der Waals surface area contributed by atoms with Crippen LogP contribution in [0.1, 0.15) is 16.7 Å². The van der Waals surface area contributed by atoms with Gasteiger partial charge in [0.05, 0.1) is 12.9 Å². The van der Waals surface area contributed by atoms with Crippen LogP contribution in [0, 0.1) is 13.8 Å². The van der Waals surface area contributed by atoms with Gasteiger partial charge in [0, 0.05) is 12.2 Å². The molecule has 1 aromatic heterocycles. The van der Waals surface area contributed by atoms with E-state index in [9.17, 15) is 4.79 Å². The van der Waals surface area contributed by atoms with E-state index >= 15 is 0 Å². The minimum atomic E-state index is -0.0377. The van der Waals surface area contributed by atoms with Crippen LogP contribution in [0.3, 0.4) is 0 Å². The van der Waals surface area contributed by atoms with Crippen LogP contribution in [-0.4, -0.2) is 33.5 Å². The van der Waals surface area contributed by atoms with Crippen LogP contribution in [0.5, 0.6) is 5.75 Å². The van der Waals surface area contributed by atoms with E-state index in [0.717, 1.165) is 17.0 Å². The molecule has 27 heavy (non-hydrogen) atoms. The molecule has 0 aliphatic carbocycles. The number of aromatic nitrogens is 3. The highest BCUT2D eigenvalue weighted by Crippen LogP contribution is 2.21. The molecule has 140 valence electrons. The highest BCUT2D eigenvalue weighted by molar-refractivity contribution is 7.99. The Hall–Kier alpha value is -2.80. The van der Waals surface area contributed by atoms with Gasteiger partial charge >= 0.3 is 0 Å². The summed E-state index contributed by atoms with van der Waals surface area (Å²) in [6.07, 6.45) is 1.64. The monoisotopic (exact) mass is 382 g/mol. The van der Waals surface area contributed by atoms with Crippen LogP contribution in [0.4, 0.5) is 0 Å². The lowest BCUT2D eigenvalue weighted by Crippen LogP contribution is -2.25. The SMILES string of the molecule is COc1ccc(-n2cnnc2SCC(=O)NCc2ccc(C)cc2C)cc1. The van der Waals surface area contributed by atoms with Crippen molar-refractivity contribution in [2.24, 2.45) is 0 Å². The zero-order valence-electron chi connectivity index (χ0n) is 15.6. The van der Waals surface area contributed by atoms with E-state index in [1.807, 2.05) is 28.8 Å². The first-order valence-electron chi connectivity index (χ1n) is 8.57. The van der Waals surface area contributed by atoms with Crippen molar-refractivity contribution in [3.63, 3.8) is 0 Å². The number of benzene rings is 2. The second kappa shape index (κ2) is 8.73. The van der Waals surface area contributed by atoms with Crippen molar-refractivity contribution in [1.29, 1.82) is 0 Å². The molecule has 3 aromatic rings. The first kappa shape index (κ1) is 19.0. The van der Waals surface area contributed by atoms with Gasteiger partial charge in [-0.1, -0.05) is 35.5 Å². The Morgan fingerprint density at radius 2 is 1.96 bits per heavy atom. The number of methoxy groups -OCH3 is 1. The standard InChI is InChI=1S/C20H22N4O2S/c1-14-4-5-16(15(2)10-14)11-21-19(25)12-27-20-23-22-13-24(20)17-6-8-18(26-3)9-7-17/h4-10,13H,11-12H2,1-3H3,(H,21,25). The molecule has 1 heterocycles. The fourth-order valence-corrected chi connectivity index (χ4v) is 3.42. The van der Waals surface area contributed by atoms with E-state index in [0.29, 0.717) is 11.7 Å². The summed E-state index contributed by atoms with van der Waals surface area (Å²) in [5.74, 6) is 1.02. The van der Waals surface area contributed by atoms with Gasteiger partial charge in [-0.05, 0) is 49.2 Å². The van der Waals surface area contributed by atoms with Gasteiger partial charge in [-0.3, -0.25) is 9.36 Å². The molecule has 0 aliphatic rings. The average Bonchev–Trinajstić information content (AvgIpc) is 3.14. The predicted octanol–water partition coefficient (Wildman–Crippen LogP) is 3.30. The second-order valence-corrected chi connectivity index (χ2v) is 7.12. The molecular weight excluding hydrogens is 360 g/mol. The van der Waals surface area contributed by atoms with Gasteiger partial charge in [-0.2, -0.15) is 0 Å². The Morgan fingerprint density at radius 1 is 1.19 bits per heavy atom.